The van der Waals surface area contributed by atoms with E-state index in [1.54, 1.807) is 0 Å². The molecule has 0 radical (unpaired) electrons. The summed E-state index contributed by atoms with van der Waals surface area (Å²) in [6, 6.07) is 9.78. The van der Waals surface area contributed by atoms with E-state index in [9.17, 15) is 0 Å². The van der Waals surface area contributed by atoms with Crippen molar-refractivity contribution in [2.24, 2.45) is 0 Å². The van der Waals surface area contributed by atoms with Crippen LogP contribution in [-0.2, 0) is 13.1 Å². The Kier molecular flexibility index (Phi) is 4.04. The highest BCUT2D eigenvalue weighted by Gasteiger charge is 2.02. The molecule has 0 fully saturated rings. The van der Waals surface area contributed by atoms with Crippen molar-refractivity contribution in [1.29, 1.82) is 0 Å². The quantitative estimate of drug-likeness (QED) is 0.878. The molecule has 0 aliphatic carbocycles. The average Bonchev–Trinajstić information content (AvgIpc) is 2.76. The van der Waals surface area contributed by atoms with Crippen LogP contribution in [0.2, 0.25) is 5.02 Å². The predicted octanol–water partition coefficient (Wildman–Crippen LogP) is 3.56. The second kappa shape index (κ2) is 5.73. The highest BCUT2D eigenvalue weighted by Crippen LogP contribution is 2.21. The fourth-order valence-corrected chi connectivity index (χ4v) is 1.92. The highest BCUT2D eigenvalue weighted by molar-refractivity contribution is 6.33. The molecule has 90 valence electrons. The molecule has 0 atom stereocenters. The minimum atomic E-state index is 0.740. The number of aryl methyl sites for hydroxylation is 1. The van der Waals surface area contributed by atoms with Gasteiger partial charge in [-0.2, -0.15) is 5.10 Å². The smallest absolute Gasteiger partial charge is 0.0637 e. The van der Waals surface area contributed by atoms with Crippen molar-refractivity contribution in [3.63, 3.8) is 0 Å². The van der Waals surface area contributed by atoms with Gasteiger partial charge in [0.05, 0.1) is 22.9 Å². The first-order valence-electron chi connectivity index (χ1n) is 5.80. The number of para-hydroxylation sites is 1. The van der Waals surface area contributed by atoms with Gasteiger partial charge in [0, 0.05) is 12.7 Å². The summed E-state index contributed by atoms with van der Waals surface area (Å²) >= 11 is 6.08. The van der Waals surface area contributed by atoms with Crippen molar-refractivity contribution >= 4 is 17.3 Å². The fourth-order valence-electron chi connectivity index (χ4n) is 1.71. The molecule has 0 aliphatic rings. The largest absolute Gasteiger partial charge is 0.378 e. The van der Waals surface area contributed by atoms with Crippen molar-refractivity contribution in [2.45, 2.75) is 26.4 Å². The predicted molar refractivity (Wildman–Crippen MR) is 71.3 cm³/mol. The first-order valence-corrected chi connectivity index (χ1v) is 6.18. The molecule has 1 aromatic heterocycles. The van der Waals surface area contributed by atoms with Gasteiger partial charge in [0.2, 0.25) is 0 Å². The number of aromatic nitrogens is 2. The molecule has 0 spiro atoms. The molecule has 0 amide bonds. The third-order valence-corrected chi connectivity index (χ3v) is 2.90. The van der Waals surface area contributed by atoms with E-state index in [-0.39, 0.29) is 0 Å². The topological polar surface area (TPSA) is 29.9 Å². The van der Waals surface area contributed by atoms with E-state index < -0.39 is 0 Å². The molecule has 1 N–H and O–H groups in total. The molecule has 4 heteroatoms. The number of hydrogen-bond acceptors (Lipinski definition) is 2. The fraction of sp³-hybridized carbons (Fsp3) is 0.308. The lowest BCUT2D eigenvalue weighted by molar-refractivity contribution is 0.578. The molecule has 0 saturated heterocycles. The van der Waals surface area contributed by atoms with Gasteiger partial charge in [-0.3, -0.25) is 4.68 Å². The summed E-state index contributed by atoms with van der Waals surface area (Å²) in [5, 5.41) is 8.35. The normalized spacial score (nSPS) is 10.5. The Hall–Kier alpha value is -1.48. The number of rotatable bonds is 5. The van der Waals surface area contributed by atoms with Crippen molar-refractivity contribution in [1.82, 2.24) is 9.78 Å². The summed E-state index contributed by atoms with van der Waals surface area (Å²) < 4.78 is 2.02. The van der Waals surface area contributed by atoms with Gasteiger partial charge in [-0.25, -0.2) is 0 Å². The van der Waals surface area contributed by atoms with Crippen molar-refractivity contribution < 1.29 is 0 Å². The standard InChI is InChI=1S/C13H16ClN3/c1-2-9-17-11(7-8-16-17)10-15-13-6-4-3-5-12(13)14/h3-8,15H,2,9-10H2,1H3. The molecule has 2 rings (SSSR count). The molecule has 0 unspecified atom stereocenters. The van der Waals surface area contributed by atoms with Crippen LogP contribution < -0.4 is 5.32 Å². The van der Waals surface area contributed by atoms with Crippen LogP contribution in [0, 0.1) is 0 Å². The Morgan fingerprint density at radius 1 is 1.29 bits per heavy atom. The second-order valence-corrected chi connectivity index (χ2v) is 4.29. The number of halogens is 1. The van der Waals surface area contributed by atoms with E-state index in [1.165, 1.54) is 5.69 Å². The van der Waals surface area contributed by atoms with Gasteiger partial charge in [-0.1, -0.05) is 30.7 Å². The third-order valence-electron chi connectivity index (χ3n) is 2.57. The van der Waals surface area contributed by atoms with Crippen molar-refractivity contribution in [3.05, 3.63) is 47.2 Å². The maximum Gasteiger partial charge on any atom is 0.0637 e. The summed E-state index contributed by atoms with van der Waals surface area (Å²) in [5.74, 6) is 0. The highest BCUT2D eigenvalue weighted by atomic mass is 35.5. The molecule has 0 saturated carbocycles. The molecule has 3 nitrogen and oxygen atoms in total. The first-order chi connectivity index (χ1) is 8.31. The summed E-state index contributed by atoms with van der Waals surface area (Å²) in [6.45, 7) is 3.84. The zero-order valence-electron chi connectivity index (χ0n) is 9.86. The number of nitrogens with one attached hydrogen (secondary N) is 1. The van der Waals surface area contributed by atoms with E-state index in [0.717, 1.165) is 30.2 Å². The lowest BCUT2D eigenvalue weighted by Gasteiger charge is -2.09. The lowest BCUT2D eigenvalue weighted by Crippen LogP contribution is -2.09. The Bertz CT molecular complexity index is 479. The summed E-state index contributed by atoms with van der Waals surface area (Å²) in [5.41, 5.74) is 2.13. The molecule has 2 aromatic rings. The van der Waals surface area contributed by atoms with Crippen LogP contribution >= 0.6 is 11.6 Å². The van der Waals surface area contributed by atoms with Crippen LogP contribution in [0.1, 0.15) is 19.0 Å². The van der Waals surface area contributed by atoms with Crippen molar-refractivity contribution in [2.75, 3.05) is 5.32 Å². The number of benzene rings is 1. The van der Waals surface area contributed by atoms with Gasteiger partial charge in [0.25, 0.3) is 0 Å². The van der Waals surface area contributed by atoms with Crippen LogP contribution in [-0.4, -0.2) is 9.78 Å². The Morgan fingerprint density at radius 2 is 2.12 bits per heavy atom. The molecule has 1 heterocycles. The Balaban J connectivity index is 2.02. The maximum absolute atomic E-state index is 6.08. The van der Waals surface area contributed by atoms with Crippen LogP contribution in [0.3, 0.4) is 0 Å². The molecular weight excluding hydrogens is 234 g/mol. The molecule has 1 aromatic carbocycles. The maximum atomic E-state index is 6.08. The van der Waals surface area contributed by atoms with E-state index in [4.69, 9.17) is 11.6 Å². The lowest BCUT2D eigenvalue weighted by atomic mass is 10.3. The Morgan fingerprint density at radius 3 is 2.88 bits per heavy atom. The summed E-state index contributed by atoms with van der Waals surface area (Å²) in [6.07, 6.45) is 2.92. The first kappa shape index (κ1) is 12.0. The molecule has 0 bridgehead atoms. The number of hydrogen-bond donors (Lipinski definition) is 1. The van der Waals surface area contributed by atoms with Gasteiger partial charge in [0.15, 0.2) is 0 Å². The van der Waals surface area contributed by atoms with Crippen LogP contribution in [0.25, 0.3) is 0 Å². The molecule has 0 aliphatic heterocycles. The van der Waals surface area contributed by atoms with Gasteiger partial charge in [0.1, 0.15) is 0 Å². The molecule has 17 heavy (non-hydrogen) atoms. The number of nitrogens with zero attached hydrogens (tertiary/aromatic N) is 2. The average molecular weight is 250 g/mol. The van der Waals surface area contributed by atoms with Crippen molar-refractivity contribution in [3.8, 4) is 0 Å². The summed E-state index contributed by atoms with van der Waals surface area (Å²) in [4.78, 5) is 0. The third kappa shape index (κ3) is 3.01. The zero-order valence-corrected chi connectivity index (χ0v) is 10.6. The van der Waals surface area contributed by atoms with Gasteiger partial charge in [-0.15, -0.1) is 0 Å². The van der Waals surface area contributed by atoms with E-state index >= 15 is 0 Å². The van der Waals surface area contributed by atoms with Crippen LogP contribution in [0.15, 0.2) is 36.5 Å². The SMILES string of the molecule is CCCn1nccc1CNc1ccccc1Cl. The van der Waals surface area contributed by atoms with E-state index in [2.05, 4.69) is 17.3 Å². The minimum absolute atomic E-state index is 0.740. The van der Waals surface area contributed by atoms with Crippen LogP contribution in [0.5, 0.6) is 0 Å². The summed E-state index contributed by atoms with van der Waals surface area (Å²) in [7, 11) is 0. The molecular formula is C13H16ClN3. The zero-order chi connectivity index (χ0) is 12.1. The Labute approximate surface area is 106 Å². The van der Waals surface area contributed by atoms with Gasteiger partial charge in [-0.05, 0) is 24.6 Å². The van der Waals surface area contributed by atoms with E-state index in [0.29, 0.717) is 0 Å². The monoisotopic (exact) mass is 249 g/mol. The second-order valence-electron chi connectivity index (χ2n) is 3.88. The van der Waals surface area contributed by atoms with Gasteiger partial charge >= 0.3 is 0 Å². The number of anilines is 1. The van der Waals surface area contributed by atoms with Gasteiger partial charge < -0.3 is 5.32 Å². The van der Waals surface area contributed by atoms with E-state index in [1.807, 2.05) is 41.2 Å². The minimum Gasteiger partial charge on any atom is -0.378 e. The van der Waals surface area contributed by atoms with Crippen LogP contribution in [0.4, 0.5) is 5.69 Å².